The van der Waals surface area contributed by atoms with Gasteiger partial charge in [-0.15, -0.1) is 22.7 Å². The molecule has 0 saturated heterocycles. The molecule has 32 heavy (non-hydrogen) atoms. The van der Waals surface area contributed by atoms with E-state index in [1.165, 1.54) is 21.8 Å². The first-order chi connectivity index (χ1) is 15.6. The Balaban J connectivity index is 1.35. The van der Waals surface area contributed by atoms with E-state index in [1.807, 2.05) is 53.6 Å². The maximum atomic E-state index is 13.5. The van der Waals surface area contributed by atoms with Crippen LogP contribution < -0.4 is 4.74 Å². The zero-order chi connectivity index (χ0) is 22.1. The van der Waals surface area contributed by atoms with Gasteiger partial charge in [-0.1, -0.05) is 24.3 Å². The lowest BCUT2D eigenvalue weighted by Crippen LogP contribution is -2.48. The van der Waals surface area contributed by atoms with Crippen molar-refractivity contribution in [3.05, 3.63) is 74.1 Å². The number of carbonyl (C=O) groups excluding carboxylic acids is 2. The zero-order valence-electron chi connectivity index (χ0n) is 18.0. The second-order valence-corrected chi connectivity index (χ2v) is 10.3. The average Bonchev–Trinajstić information content (AvgIpc) is 3.28. The number of rotatable bonds is 7. The third-order valence-corrected chi connectivity index (χ3v) is 8.05. The van der Waals surface area contributed by atoms with Gasteiger partial charge in [-0.3, -0.25) is 9.59 Å². The molecule has 5 nitrogen and oxygen atoms in total. The fraction of sp³-hybridized carbons (Fsp3) is 0.360. The maximum absolute atomic E-state index is 13.5. The highest BCUT2D eigenvalue weighted by atomic mass is 32.1. The third-order valence-electron chi connectivity index (χ3n) is 6.19. The number of ether oxygens (including phenoxy) is 1. The first kappa shape index (κ1) is 21.2. The normalized spacial score (nSPS) is 17.7. The number of benzene rings is 1. The van der Waals surface area contributed by atoms with Gasteiger partial charge in [0.15, 0.2) is 0 Å². The summed E-state index contributed by atoms with van der Waals surface area (Å²) in [5.41, 5.74) is 2.25. The molecule has 5 rings (SSSR count). The van der Waals surface area contributed by atoms with Crippen LogP contribution >= 0.6 is 22.7 Å². The highest BCUT2D eigenvalue weighted by molar-refractivity contribution is 7.12. The van der Waals surface area contributed by atoms with Crippen LogP contribution in [0.25, 0.3) is 0 Å². The standard InChI is InChI=1S/C25H26N2O3S2/c1-17-5-2-3-6-21(17)30-16-20-19-11-14-32-22(19)10-12-26(20)24(28)15-27(18-8-9-18)25(29)23-7-4-13-31-23/h2-7,11,13-14,18,20H,8-10,12,15-16H2,1H3. The van der Waals surface area contributed by atoms with Crippen molar-refractivity contribution >= 4 is 34.5 Å². The molecule has 0 bridgehead atoms. The quantitative estimate of drug-likeness (QED) is 0.496. The number of nitrogens with zero attached hydrogens (tertiary/aromatic N) is 2. The van der Waals surface area contributed by atoms with Crippen molar-refractivity contribution < 1.29 is 14.3 Å². The first-order valence-corrected chi connectivity index (χ1v) is 12.8. The molecule has 1 unspecified atom stereocenters. The molecule has 0 N–H and O–H groups in total. The summed E-state index contributed by atoms with van der Waals surface area (Å²) in [5, 5.41) is 4.00. The summed E-state index contributed by atoms with van der Waals surface area (Å²) in [4.78, 5) is 32.3. The number of thiophene rings is 2. The minimum absolute atomic E-state index is 0.00274. The molecule has 2 aromatic heterocycles. The summed E-state index contributed by atoms with van der Waals surface area (Å²) in [6, 6.07) is 13.8. The molecule has 1 aliphatic heterocycles. The van der Waals surface area contributed by atoms with Crippen LogP contribution in [0, 0.1) is 6.92 Å². The van der Waals surface area contributed by atoms with Crippen molar-refractivity contribution in [2.24, 2.45) is 0 Å². The first-order valence-electron chi connectivity index (χ1n) is 11.0. The summed E-state index contributed by atoms with van der Waals surface area (Å²) < 4.78 is 6.19. The Morgan fingerprint density at radius 3 is 2.69 bits per heavy atom. The number of amides is 2. The molecular weight excluding hydrogens is 440 g/mol. The van der Waals surface area contributed by atoms with Gasteiger partial charge in [0.2, 0.25) is 5.91 Å². The second-order valence-electron chi connectivity index (χ2n) is 8.37. The Morgan fingerprint density at radius 2 is 1.94 bits per heavy atom. The van der Waals surface area contributed by atoms with Gasteiger partial charge in [-0.2, -0.15) is 0 Å². The third kappa shape index (κ3) is 4.32. The summed E-state index contributed by atoms with van der Waals surface area (Å²) >= 11 is 3.17. The van der Waals surface area contributed by atoms with Gasteiger partial charge in [0.25, 0.3) is 5.91 Å². The summed E-state index contributed by atoms with van der Waals surface area (Å²) in [6.07, 6.45) is 2.79. The predicted molar refractivity (Wildman–Crippen MR) is 128 cm³/mol. The van der Waals surface area contributed by atoms with Crippen molar-refractivity contribution in [1.29, 1.82) is 0 Å². The molecule has 2 aliphatic rings. The van der Waals surface area contributed by atoms with Crippen LogP contribution in [0.3, 0.4) is 0 Å². The van der Waals surface area contributed by atoms with Crippen molar-refractivity contribution in [2.75, 3.05) is 19.7 Å². The Hall–Kier alpha value is -2.64. The van der Waals surface area contributed by atoms with Gasteiger partial charge in [-0.25, -0.2) is 0 Å². The molecule has 1 atom stereocenters. The van der Waals surface area contributed by atoms with Gasteiger partial charge < -0.3 is 14.5 Å². The van der Waals surface area contributed by atoms with Crippen LogP contribution in [0.2, 0.25) is 0 Å². The molecule has 2 amide bonds. The van der Waals surface area contributed by atoms with E-state index in [4.69, 9.17) is 4.74 Å². The molecule has 1 fully saturated rings. The van der Waals surface area contributed by atoms with E-state index >= 15 is 0 Å². The van der Waals surface area contributed by atoms with E-state index < -0.39 is 0 Å². The topological polar surface area (TPSA) is 49.9 Å². The van der Waals surface area contributed by atoms with Gasteiger partial charge in [0.05, 0.1) is 10.9 Å². The number of hydrogen-bond donors (Lipinski definition) is 0. The lowest BCUT2D eigenvalue weighted by atomic mass is 10.0. The molecular formula is C25H26N2O3S2. The Kier molecular flexibility index (Phi) is 6.02. The molecule has 3 heterocycles. The smallest absolute Gasteiger partial charge is 0.264 e. The minimum atomic E-state index is -0.144. The van der Waals surface area contributed by atoms with Crippen LogP contribution in [-0.4, -0.2) is 47.4 Å². The number of carbonyl (C=O) groups is 2. The number of hydrogen-bond acceptors (Lipinski definition) is 5. The van der Waals surface area contributed by atoms with Crippen molar-refractivity contribution in [3.63, 3.8) is 0 Å². The summed E-state index contributed by atoms with van der Waals surface area (Å²) in [6.45, 7) is 3.21. The highest BCUT2D eigenvalue weighted by Gasteiger charge is 2.38. The van der Waals surface area contributed by atoms with Crippen LogP contribution in [0.4, 0.5) is 0 Å². The van der Waals surface area contributed by atoms with E-state index in [0.717, 1.165) is 30.6 Å². The molecule has 1 aromatic carbocycles. The fourth-order valence-corrected chi connectivity index (χ4v) is 5.90. The van der Waals surface area contributed by atoms with E-state index in [2.05, 4.69) is 11.4 Å². The van der Waals surface area contributed by atoms with Gasteiger partial charge in [0, 0.05) is 17.5 Å². The Morgan fingerprint density at radius 1 is 1.09 bits per heavy atom. The van der Waals surface area contributed by atoms with E-state index in [9.17, 15) is 9.59 Å². The molecule has 0 radical (unpaired) electrons. The van der Waals surface area contributed by atoms with Crippen molar-refractivity contribution in [1.82, 2.24) is 9.80 Å². The summed E-state index contributed by atoms with van der Waals surface area (Å²) in [7, 11) is 0. The van der Waals surface area contributed by atoms with Crippen molar-refractivity contribution in [3.8, 4) is 5.75 Å². The minimum Gasteiger partial charge on any atom is -0.491 e. The molecule has 166 valence electrons. The molecule has 1 saturated carbocycles. The predicted octanol–water partition coefficient (Wildman–Crippen LogP) is 4.93. The van der Waals surface area contributed by atoms with E-state index in [0.29, 0.717) is 18.0 Å². The SMILES string of the molecule is Cc1ccccc1OCC1c2ccsc2CCN1C(=O)CN(C(=O)c1cccs1)C1CC1. The fourth-order valence-electron chi connectivity index (χ4n) is 4.29. The Labute approximate surface area is 196 Å². The molecule has 0 spiro atoms. The second kappa shape index (κ2) is 9.08. The van der Waals surface area contributed by atoms with E-state index in [-0.39, 0.29) is 30.4 Å². The molecule has 7 heteroatoms. The Bertz CT molecular complexity index is 1100. The zero-order valence-corrected chi connectivity index (χ0v) is 19.7. The number of aryl methyl sites for hydroxylation is 1. The molecule has 1 aliphatic carbocycles. The van der Waals surface area contributed by atoms with Crippen LogP contribution in [0.5, 0.6) is 5.75 Å². The van der Waals surface area contributed by atoms with Crippen LogP contribution in [0.1, 0.15) is 44.6 Å². The maximum Gasteiger partial charge on any atom is 0.264 e. The van der Waals surface area contributed by atoms with Crippen LogP contribution in [-0.2, 0) is 11.2 Å². The average molecular weight is 467 g/mol. The summed E-state index contributed by atoms with van der Waals surface area (Å²) in [5.74, 6) is 0.809. The highest BCUT2D eigenvalue weighted by Crippen LogP contribution is 2.35. The van der Waals surface area contributed by atoms with Crippen LogP contribution in [0.15, 0.2) is 53.2 Å². The van der Waals surface area contributed by atoms with E-state index in [1.54, 1.807) is 16.2 Å². The van der Waals surface area contributed by atoms with Crippen molar-refractivity contribution in [2.45, 2.75) is 38.3 Å². The lowest BCUT2D eigenvalue weighted by molar-refractivity contribution is -0.135. The molecule has 3 aromatic rings. The van der Waals surface area contributed by atoms with Gasteiger partial charge >= 0.3 is 0 Å². The van der Waals surface area contributed by atoms with Gasteiger partial charge in [0.1, 0.15) is 18.9 Å². The largest absolute Gasteiger partial charge is 0.491 e. The number of fused-ring (bicyclic) bond motifs is 1. The monoisotopic (exact) mass is 466 g/mol. The van der Waals surface area contributed by atoms with Gasteiger partial charge in [-0.05, 0) is 66.3 Å². The number of para-hydroxylation sites is 1. The lowest BCUT2D eigenvalue weighted by Gasteiger charge is -2.37.